The Kier molecular flexibility index (Phi) is 6.09. The number of nitrogens with one attached hydrogen (secondary N) is 1. The van der Waals surface area contributed by atoms with Crippen LogP contribution in [0.25, 0.3) is 16.8 Å². The number of carbonyl (C=O) groups excluding carboxylic acids is 1. The number of hydrogen-bond acceptors (Lipinski definition) is 3. The first-order chi connectivity index (χ1) is 13.1. The number of hydrogen-bond donors (Lipinski definition) is 2. The van der Waals surface area contributed by atoms with Crippen molar-refractivity contribution in [2.45, 2.75) is 25.4 Å². The molecule has 0 radical (unpaired) electrons. The Morgan fingerprint density at radius 2 is 1.93 bits per heavy atom. The van der Waals surface area contributed by atoms with Gasteiger partial charge < -0.3 is 11.1 Å². The molecule has 0 saturated heterocycles. The summed E-state index contributed by atoms with van der Waals surface area (Å²) in [6, 6.07) is 14.1. The molecule has 0 aliphatic heterocycles. The molecule has 27 heavy (non-hydrogen) atoms. The fourth-order valence-corrected chi connectivity index (χ4v) is 2.76. The van der Waals surface area contributed by atoms with Crippen molar-refractivity contribution in [3.05, 3.63) is 77.3 Å². The summed E-state index contributed by atoms with van der Waals surface area (Å²) in [6.07, 6.45) is 7.14. The van der Waals surface area contributed by atoms with E-state index in [9.17, 15) is 4.79 Å². The largest absolute Gasteiger partial charge is 0.398 e. The second-order valence-electron chi connectivity index (χ2n) is 6.45. The molecule has 0 heterocycles. The van der Waals surface area contributed by atoms with Crippen LogP contribution in [0.5, 0.6) is 0 Å². The highest BCUT2D eigenvalue weighted by molar-refractivity contribution is 6.30. The lowest BCUT2D eigenvalue weighted by atomic mass is 9.97. The molecule has 1 fully saturated rings. The lowest BCUT2D eigenvalue weighted by molar-refractivity contribution is -0.116. The first-order valence-corrected chi connectivity index (χ1v) is 9.23. The number of nitrogens with zero attached hydrogens (tertiary/aromatic N) is 1. The average Bonchev–Trinajstić information content (AvgIpc) is 3.51. The molecule has 1 amide bonds. The van der Waals surface area contributed by atoms with Crippen LogP contribution in [0.15, 0.2) is 66.2 Å². The molecule has 1 aliphatic rings. The second-order valence-corrected chi connectivity index (χ2v) is 6.89. The number of rotatable bonds is 7. The van der Waals surface area contributed by atoms with Gasteiger partial charge >= 0.3 is 0 Å². The molecule has 0 aromatic heterocycles. The zero-order valence-corrected chi connectivity index (χ0v) is 15.7. The summed E-state index contributed by atoms with van der Waals surface area (Å²) in [4.78, 5) is 16.0. The normalized spacial score (nSPS) is 14.3. The van der Waals surface area contributed by atoms with E-state index >= 15 is 0 Å². The topological polar surface area (TPSA) is 67.5 Å². The van der Waals surface area contributed by atoms with Crippen molar-refractivity contribution in [2.75, 3.05) is 0 Å². The van der Waals surface area contributed by atoms with Gasteiger partial charge in [-0.1, -0.05) is 42.4 Å². The first kappa shape index (κ1) is 18.9. The highest BCUT2D eigenvalue weighted by Crippen LogP contribution is 2.27. The van der Waals surface area contributed by atoms with Crippen LogP contribution < -0.4 is 11.1 Å². The van der Waals surface area contributed by atoms with E-state index in [0.717, 1.165) is 35.1 Å². The molecule has 5 heteroatoms. The zero-order chi connectivity index (χ0) is 19.2. The third-order valence-electron chi connectivity index (χ3n) is 4.33. The summed E-state index contributed by atoms with van der Waals surface area (Å²) in [5, 5.41) is 3.50. The third kappa shape index (κ3) is 5.31. The Labute approximate surface area is 164 Å². The van der Waals surface area contributed by atoms with Crippen molar-refractivity contribution < 1.29 is 4.79 Å². The maximum atomic E-state index is 11.5. The van der Waals surface area contributed by atoms with Gasteiger partial charge in [0.2, 0.25) is 5.91 Å². The van der Waals surface area contributed by atoms with Crippen molar-refractivity contribution >= 4 is 29.4 Å². The molecule has 0 bridgehead atoms. The van der Waals surface area contributed by atoms with Crippen molar-refractivity contribution in [1.29, 1.82) is 0 Å². The fourth-order valence-electron chi connectivity index (χ4n) is 2.63. The fraction of sp³-hybridized carbons (Fsp3) is 0.182. The van der Waals surface area contributed by atoms with Crippen molar-refractivity contribution in [1.82, 2.24) is 5.32 Å². The number of halogens is 1. The van der Waals surface area contributed by atoms with Crippen LogP contribution in [0.3, 0.4) is 0 Å². The summed E-state index contributed by atoms with van der Waals surface area (Å²) in [6.45, 7) is 3.85. The lowest BCUT2D eigenvalue weighted by Crippen LogP contribution is -2.21. The maximum absolute atomic E-state index is 11.5. The minimum atomic E-state index is -0.222. The van der Waals surface area contributed by atoms with E-state index in [2.05, 4.69) is 16.9 Å². The molecule has 1 aliphatic carbocycles. The highest BCUT2D eigenvalue weighted by atomic mass is 35.5. The first-order valence-electron chi connectivity index (χ1n) is 8.85. The quantitative estimate of drug-likeness (QED) is 0.555. The summed E-state index contributed by atoms with van der Waals surface area (Å²) in [7, 11) is 0. The molecule has 3 N–H and O–H groups in total. The molecule has 2 aromatic rings. The van der Waals surface area contributed by atoms with E-state index < -0.39 is 0 Å². The SMILES string of the molecule is C=CC(=O)NCc1ccc(-c2ccc(Cl)cc2)cc1/C(N)=C/C=NC1CC1. The average molecular weight is 380 g/mol. The maximum Gasteiger partial charge on any atom is 0.243 e. The van der Waals surface area contributed by atoms with E-state index in [1.54, 1.807) is 6.21 Å². The summed E-state index contributed by atoms with van der Waals surface area (Å²) < 4.78 is 0. The van der Waals surface area contributed by atoms with Crippen LogP contribution >= 0.6 is 11.6 Å². The Morgan fingerprint density at radius 3 is 2.59 bits per heavy atom. The zero-order valence-electron chi connectivity index (χ0n) is 15.0. The van der Waals surface area contributed by atoms with Crippen molar-refractivity contribution in [3.8, 4) is 11.1 Å². The van der Waals surface area contributed by atoms with E-state index in [1.807, 2.05) is 48.5 Å². The minimum absolute atomic E-state index is 0.222. The Hall–Kier alpha value is -2.85. The highest BCUT2D eigenvalue weighted by Gasteiger charge is 2.18. The minimum Gasteiger partial charge on any atom is -0.398 e. The standard InChI is InChI=1S/C22H22ClN3O/c1-2-22(27)26-14-17-4-3-16(15-5-7-18(23)8-6-15)13-20(17)21(24)11-12-25-19-9-10-19/h2-8,11-13,19H,1,9-10,14,24H2,(H,26,27)/b21-11-,25-12?. The number of amides is 1. The molecule has 3 rings (SSSR count). The van der Waals surface area contributed by atoms with Gasteiger partial charge in [-0.05, 0) is 59.9 Å². The second kappa shape index (κ2) is 8.69. The van der Waals surface area contributed by atoms with E-state index in [4.69, 9.17) is 17.3 Å². The summed E-state index contributed by atoms with van der Waals surface area (Å²) in [5.41, 5.74) is 10.8. The van der Waals surface area contributed by atoms with Gasteiger partial charge in [0.25, 0.3) is 0 Å². The summed E-state index contributed by atoms with van der Waals surface area (Å²) in [5.74, 6) is -0.222. The molecular weight excluding hydrogens is 358 g/mol. The number of carbonyl (C=O) groups is 1. The number of benzene rings is 2. The molecular formula is C22H22ClN3O. The Bertz CT molecular complexity index is 896. The lowest BCUT2D eigenvalue weighted by Gasteiger charge is -2.13. The van der Waals surface area contributed by atoms with Crippen LogP contribution in [-0.4, -0.2) is 18.2 Å². The number of allylic oxidation sites excluding steroid dienone is 1. The van der Waals surface area contributed by atoms with Gasteiger partial charge in [-0.2, -0.15) is 0 Å². The van der Waals surface area contributed by atoms with Crippen LogP contribution in [0.1, 0.15) is 24.0 Å². The van der Waals surface area contributed by atoms with Crippen LogP contribution in [0.2, 0.25) is 5.02 Å². The third-order valence-corrected chi connectivity index (χ3v) is 4.59. The van der Waals surface area contributed by atoms with Gasteiger partial charge in [-0.15, -0.1) is 0 Å². The van der Waals surface area contributed by atoms with Crippen molar-refractivity contribution in [2.24, 2.45) is 10.7 Å². The number of nitrogens with two attached hydrogens (primary N) is 1. The smallest absolute Gasteiger partial charge is 0.243 e. The molecule has 0 atom stereocenters. The van der Waals surface area contributed by atoms with Crippen LogP contribution in [-0.2, 0) is 11.3 Å². The van der Waals surface area contributed by atoms with Gasteiger partial charge in [-0.3, -0.25) is 9.79 Å². The van der Waals surface area contributed by atoms with Gasteiger partial charge in [0, 0.05) is 29.0 Å². The molecule has 4 nitrogen and oxygen atoms in total. The molecule has 2 aromatic carbocycles. The van der Waals surface area contributed by atoms with E-state index in [-0.39, 0.29) is 5.91 Å². The molecule has 1 saturated carbocycles. The Morgan fingerprint density at radius 1 is 1.22 bits per heavy atom. The van der Waals surface area contributed by atoms with Crippen LogP contribution in [0, 0.1) is 0 Å². The van der Waals surface area contributed by atoms with Crippen LogP contribution in [0.4, 0.5) is 0 Å². The summed E-state index contributed by atoms with van der Waals surface area (Å²) >= 11 is 5.99. The van der Waals surface area contributed by atoms with E-state index in [0.29, 0.717) is 23.3 Å². The Balaban J connectivity index is 1.92. The predicted octanol–water partition coefficient (Wildman–Crippen LogP) is 4.34. The molecule has 138 valence electrons. The monoisotopic (exact) mass is 379 g/mol. The molecule has 0 spiro atoms. The van der Waals surface area contributed by atoms with Gasteiger partial charge in [-0.25, -0.2) is 0 Å². The molecule has 0 unspecified atom stereocenters. The number of aliphatic imine (C=N–C) groups is 1. The van der Waals surface area contributed by atoms with Gasteiger partial charge in [0.05, 0.1) is 6.04 Å². The van der Waals surface area contributed by atoms with Gasteiger partial charge in [0.1, 0.15) is 0 Å². The van der Waals surface area contributed by atoms with E-state index in [1.165, 1.54) is 6.08 Å². The van der Waals surface area contributed by atoms with Gasteiger partial charge in [0.15, 0.2) is 0 Å². The predicted molar refractivity (Wildman–Crippen MR) is 113 cm³/mol. The van der Waals surface area contributed by atoms with Crippen molar-refractivity contribution in [3.63, 3.8) is 0 Å².